The van der Waals surface area contributed by atoms with Gasteiger partial charge in [-0.1, -0.05) is 0 Å². The molecule has 7 heteroatoms. The molecular formula is C14H26ClN3O3. The van der Waals surface area contributed by atoms with Crippen molar-refractivity contribution < 1.29 is 14.3 Å². The van der Waals surface area contributed by atoms with Gasteiger partial charge in [-0.05, 0) is 25.7 Å². The molecule has 0 aromatic heterocycles. The van der Waals surface area contributed by atoms with Gasteiger partial charge in [-0.2, -0.15) is 0 Å². The fourth-order valence-electron chi connectivity index (χ4n) is 3.06. The van der Waals surface area contributed by atoms with E-state index in [1.165, 1.54) is 7.11 Å². The fraction of sp³-hybridized carbons (Fsp3) is 0.857. The molecule has 2 rings (SSSR count). The van der Waals surface area contributed by atoms with E-state index in [0.29, 0.717) is 13.1 Å². The van der Waals surface area contributed by atoms with Gasteiger partial charge in [0.05, 0.1) is 12.5 Å². The average molecular weight is 320 g/mol. The molecule has 21 heavy (non-hydrogen) atoms. The van der Waals surface area contributed by atoms with Crippen molar-refractivity contribution in [1.29, 1.82) is 0 Å². The largest absolute Gasteiger partial charge is 0.383 e. The number of carbonyl (C=O) groups excluding carboxylic acids is 2. The van der Waals surface area contributed by atoms with Crippen molar-refractivity contribution in [1.82, 2.24) is 9.80 Å². The molecule has 122 valence electrons. The van der Waals surface area contributed by atoms with Crippen LogP contribution in [0.1, 0.15) is 25.7 Å². The number of carbonyl (C=O) groups is 2. The Morgan fingerprint density at radius 1 is 1.19 bits per heavy atom. The van der Waals surface area contributed by atoms with Crippen LogP contribution in [0.15, 0.2) is 0 Å². The molecule has 0 bridgehead atoms. The molecule has 0 saturated carbocycles. The molecule has 2 unspecified atom stereocenters. The Morgan fingerprint density at radius 3 is 2.43 bits per heavy atom. The van der Waals surface area contributed by atoms with E-state index in [0.717, 1.165) is 38.8 Å². The van der Waals surface area contributed by atoms with E-state index < -0.39 is 6.04 Å². The van der Waals surface area contributed by atoms with Crippen LogP contribution < -0.4 is 5.73 Å². The molecule has 2 saturated heterocycles. The summed E-state index contributed by atoms with van der Waals surface area (Å²) in [6.07, 6.45) is 3.94. The molecule has 0 radical (unpaired) electrons. The zero-order valence-corrected chi connectivity index (χ0v) is 13.4. The van der Waals surface area contributed by atoms with E-state index in [2.05, 4.69) is 0 Å². The van der Waals surface area contributed by atoms with Crippen LogP contribution in [0.2, 0.25) is 0 Å². The summed E-state index contributed by atoms with van der Waals surface area (Å²) in [6.45, 7) is 3.16. The van der Waals surface area contributed by atoms with Gasteiger partial charge in [-0.15, -0.1) is 12.4 Å². The van der Waals surface area contributed by atoms with E-state index in [1.54, 1.807) is 4.90 Å². The Morgan fingerprint density at radius 2 is 1.81 bits per heavy atom. The summed E-state index contributed by atoms with van der Waals surface area (Å²) < 4.78 is 4.92. The second-order valence-corrected chi connectivity index (χ2v) is 5.72. The highest BCUT2D eigenvalue weighted by Crippen LogP contribution is 2.21. The summed E-state index contributed by atoms with van der Waals surface area (Å²) in [5.74, 6) is 0.0478. The highest BCUT2D eigenvalue weighted by molar-refractivity contribution is 5.85. The van der Waals surface area contributed by atoms with Crippen LogP contribution in [0.5, 0.6) is 0 Å². The van der Waals surface area contributed by atoms with Gasteiger partial charge in [0.1, 0.15) is 6.04 Å². The van der Waals surface area contributed by atoms with Crippen LogP contribution in [0.4, 0.5) is 0 Å². The van der Waals surface area contributed by atoms with Gasteiger partial charge in [-0.3, -0.25) is 9.59 Å². The van der Waals surface area contributed by atoms with E-state index in [-0.39, 0.29) is 36.7 Å². The van der Waals surface area contributed by atoms with E-state index >= 15 is 0 Å². The third kappa shape index (κ3) is 4.56. The van der Waals surface area contributed by atoms with Crippen LogP contribution in [0, 0.1) is 5.92 Å². The number of likely N-dealkylation sites (tertiary alicyclic amines) is 2. The van der Waals surface area contributed by atoms with Gasteiger partial charge in [-0.25, -0.2) is 0 Å². The lowest BCUT2D eigenvalue weighted by Gasteiger charge is -2.35. The molecule has 0 spiro atoms. The Labute approximate surface area is 132 Å². The second-order valence-electron chi connectivity index (χ2n) is 5.72. The predicted octanol–water partition coefficient (Wildman–Crippen LogP) is 0.243. The minimum Gasteiger partial charge on any atom is -0.383 e. The summed E-state index contributed by atoms with van der Waals surface area (Å²) in [5.41, 5.74) is 5.79. The van der Waals surface area contributed by atoms with E-state index in [4.69, 9.17) is 10.5 Å². The van der Waals surface area contributed by atoms with Crippen LogP contribution in [0.3, 0.4) is 0 Å². The molecule has 6 nitrogen and oxygen atoms in total. The normalized spacial score (nSPS) is 23.6. The zero-order valence-electron chi connectivity index (χ0n) is 12.6. The Balaban J connectivity index is 0.00000220. The number of nitrogens with two attached hydrogens (primary N) is 1. The number of rotatable bonds is 4. The molecule has 0 aliphatic carbocycles. The number of halogens is 1. The van der Waals surface area contributed by atoms with E-state index in [1.807, 2.05) is 4.90 Å². The number of piperidine rings is 1. The monoisotopic (exact) mass is 319 g/mol. The summed E-state index contributed by atoms with van der Waals surface area (Å²) in [5, 5.41) is 0. The van der Waals surface area contributed by atoms with Crippen LogP contribution >= 0.6 is 12.4 Å². The number of methoxy groups -OCH3 is 1. The van der Waals surface area contributed by atoms with Crippen molar-refractivity contribution in [2.24, 2.45) is 11.7 Å². The molecule has 2 aliphatic rings. The molecule has 0 aromatic rings. The lowest BCUT2D eigenvalue weighted by Crippen LogP contribution is -2.52. The zero-order chi connectivity index (χ0) is 14.5. The van der Waals surface area contributed by atoms with Gasteiger partial charge >= 0.3 is 0 Å². The molecule has 2 atom stereocenters. The first kappa shape index (κ1) is 18.2. The first-order chi connectivity index (χ1) is 9.63. The number of hydrogen-bond donors (Lipinski definition) is 1. The predicted molar refractivity (Wildman–Crippen MR) is 82.2 cm³/mol. The van der Waals surface area contributed by atoms with Crippen molar-refractivity contribution in [3.63, 3.8) is 0 Å². The maximum Gasteiger partial charge on any atom is 0.241 e. The van der Waals surface area contributed by atoms with Gasteiger partial charge in [0, 0.05) is 33.3 Å². The molecule has 2 heterocycles. The molecule has 2 amide bonds. The molecule has 2 fully saturated rings. The first-order valence-electron chi connectivity index (χ1n) is 7.45. The molecule has 2 N–H and O–H groups in total. The summed E-state index contributed by atoms with van der Waals surface area (Å²) in [7, 11) is 1.53. The first-order valence-corrected chi connectivity index (χ1v) is 7.45. The topological polar surface area (TPSA) is 75.9 Å². The lowest BCUT2D eigenvalue weighted by molar-refractivity contribution is -0.141. The maximum atomic E-state index is 12.4. The second kappa shape index (κ2) is 8.56. The quantitative estimate of drug-likeness (QED) is 0.805. The Kier molecular flexibility index (Phi) is 7.42. The van der Waals surface area contributed by atoms with Crippen LogP contribution in [-0.4, -0.2) is 67.6 Å². The highest BCUT2D eigenvalue weighted by Gasteiger charge is 2.33. The summed E-state index contributed by atoms with van der Waals surface area (Å²) in [4.78, 5) is 28.2. The molecule has 2 aliphatic heterocycles. The summed E-state index contributed by atoms with van der Waals surface area (Å²) >= 11 is 0. The van der Waals surface area contributed by atoms with Gasteiger partial charge < -0.3 is 20.3 Å². The number of amides is 2. The van der Waals surface area contributed by atoms with Crippen molar-refractivity contribution in [2.75, 3.05) is 39.9 Å². The van der Waals surface area contributed by atoms with E-state index in [9.17, 15) is 9.59 Å². The summed E-state index contributed by atoms with van der Waals surface area (Å²) in [6, 6.07) is -0.624. The van der Waals surface area contributed by atoms with Crippen LogP contribution in [0.25, 0.3) is 0 Å². The maximum absolute atomic E-state index is 12.4. The van der Waals surface area contributed by atoms with Crippen molar-refractivity contribution in [3.8, 4) is 0 Å². The number of hydrogen-bond acceptors (Lipinski definition) is 4. The minimum atomic E-state index is -0.624. The van der Waals surface area contributed by atoms with Crippen LogP contribution in [-0.2, 0) is 14.3 Å². The Hall–Kier alpha value is -0.850. The lowest BCUT2D eigenvalue weighted by atomic mass is 9.96. The minimum absolute atomic E-state index is 0. The standard InChI is InChI=1S/C14H25N3O3.ClH/c1-20-10-12(15)14(19)17-8-4-5-11(9-17)13(18)16-6-2-3-7-16;/h11-12H,2-10,15H2,1H3;1H. The fourth-order valence-corrected chi connectivity index (χ4v) is 3.06. The number of nitrogens with zero attached hydrogens (tertiary/aromatic N) is 2. The molecular weight excluding hydrogens is 294 g/mol. The third-order valence-corrected chi connectivity index (χ3v) is 4.16. The SMILES string of the molecule is COCC(N)C(=O)N1CCCC(C(=O)N2CCCC2)C1.Cl. The Bertz CT molecular complexity index is 361. The van der Waals surface area contributed by atoms with Gasteiger partial charge in [0.25, 0.3) is 0 Å². The van der Waals surface area contributed by atoms with Crippen molar-refractivity contribution in [3.05, 3.63) is 0 Å². The van der Waals surface area contributed by atoms with Crippen molar-refractivity contribution in [2.45, 2.75) is 31.7 Å². The third-order valence-electron chi connectivity index (χ3n) is 4.16. The smallest absolute Gasteiger partial charge is 0.241 e. The van der Waals surface area contributed by atoms with Gasteiger partial charge in [0.15, 0.2) is 0 Å². The molecule has 0 aromatic carbocycles. The number of ether oxygens (including phenoxy) is 1. The average Bonchev–Trinajstić information content (AvgIpc) is 3.00. The highest BCUT2D eigenvalue weighted by atomic mass is 35.5. The van der Waals surface area contributed by atoms with Crippen molar-refractivity contribution >= 4 is 24.2 Å². The van der Waals surface area contributed by atoms with Gasteiger partial charge in [0.2, 0.25) is 11.8 Å².